The highest BCUT2D eigenvalue weighted by molar-refractivity contribution is 7.84. The number of carbonyl (C=O) groups is 5. The van der Waals surface area contributed by atoms with Crippen LogP contribution in [0.15, 0.2) is 58.8 Å². The van der Waals surface area contributed by atoms with Crippen molar-refractivity contribution in [1.82, 2.24) is 35.1 Å². The molecule has 1 aliphatic carbocycles. The van der Waals surface area contributed by atoms with Crippen molar-refractivity contribution in [2.45, 2.75) is 133 Å². The molecule has 17 nitrogen and oxygen atoms in total. The van der Waals surface area contributed by atoms with Crippen LogP contribution in [0, 0.1) is 11.3 Å². The smallest absolute Gasteiger partial charge is 0.329 e. The number of carboxylic acids is 1. The van der Waals surface area contributed by atoms with Crippen LogP contribution in [0.25, 0.3) is 22.3 Å². The van der Waals surface area contributed by atoms with Crippen molar-refractivity contribution in [2.24, 2.45) is 11.3 Å². The molecule has 2 unspecified atom stereocenters. The van der Waals surface area contributed by atoms with Crippen LogP contribution in [0.4, 0.5) is 9.93 Å². The van der Waals surface area contributed by atoms with E-state index in [2.05, 4.69) is 21.3 Å². The van der Waals surface area contributed by atoms with Gasteiger partial charge in [0.25, 0.3) is 5.91 Å². The number of nitrogens with zero attached hydrogens (tertiary/aromatic N) is 4. The van der Waals surface area contributed by atoms with Crippen LogP contribution in [0.5, 0.6) is 11.5 Å². The average molecular weight is 957 g/mol. The summed E-state index contributed by atoms with van der Waals surface area (Å²) in [5.74, 6) is -1.81. The number of rotatable bonds is 11. The van der Waals surface area contributed by atoms with E-state index in [1.54, 1.807) is 49.6 Å². The zero-order valence-electron chi connectivity index (χ0n) is 38.8. The van der Waals surface area contributed by atoms with Crippen LogP contribution in [0.3, 0.4) is 0 Å². The van der Waals surface area contributed by atoms with Crippen LogP contribution in [0.2, 0.25) is 0 Å². The van der Waals surface area contributed by atoms with E-state index in [-0.39, 0.29) is 37.9 Å². The second kappa shape index (κ2) is 19.4. The van der Waals surface area contributed by atoms with Gasteiger partial charge in [0, 0.05) is 35.4 Å². The molecule has 358 valence electrons. The van der Waals surface area contributed by atoms with Crippen molar-refractivity contribution in [1.29, 1.82) is 0 Å². The first kappa shape index (κ1) is 47.7. The molecule has 3 aliphatic heterocycles. The number of methoxy groups -OCH3 is 1. The summed E-state index contributed by atoms with van der Waals surface area (Å²) in [6.45, 7) is 9.66. The summed E-state index contributed by atoms with van der Waals surface area (Å²) in [6, 6.07) is 10.6. The molecule has 2 saturated heterocycles. The minimum absolute atomic E-state index is 0.0389. The Labute approximate surface area is 396 Å². The first-order valence-electron chi connectivity index (χ1n) is 23.1. The van der Waals surface area contributed by atoms with Gasteiger partial charge in [-0.1, -0.05) is 65.0 Å². The number of hydrogen-bond donors (Lipinski definition) is 5. The van der Waals surface area contributed by atoms with Gasteiger partial charge in [0.05, 0.1) is 47.9 Å². The molecule has 19 heteroatoms. The molecule has 5 N–H and O–H groups in total. The summed E-state index contributed by atoms with van der Waals surface area (Å²) in [4.78, 5) is 81.3. The molecule has 8 rings (SSSR count). The number of benzene rings is 2. The molecule has 3 fully saturated rings. The molecule has 1 saturated carbocycles. The molecular weight excluding hydrogens is 897 g/mol. The molecule has 4 aromatic rings. The molecule has 2 aromatic carbocycles. The fraction of sp³-hybridized carbons (Fsp3) is 0.521. The lowest BCUT2D eigenvalue weighted by atomic mass is 9.86. The maximum atomic E-state index is 15.0. The fourth-order valence-corrected chi connectivity index (χ4v) is 11.5. The lowest BCUT2D eigenvalue weighted by Crippen LogP contribution is -2.59. The first-order chi connectivity index (χ1) is 31.9. The number of carboxylic acid groups (broad SMARTS) is 1. The summed E-state index contributed by atoms with van der Waals surface area (Å²) >= 11 is 1.45. The van der Waals surface area contributed by atoms with E-state index in [1.807, 2.05) is 46.1 Å². The lowest BCUT2D eigenvalue weighted by Gasteiger charge is -2.35. The third-order valence-corrected chi connectivity index (χ3v) is 15.4. The predicted molar refractivity (Wildman–Crippen MR) is 254 cm³/mol. The molecule has 0 radical (unpaired) electrons. The lowest BCUT2D eigenvalue weighted by molar-refractivity contribution is -0.145. The van der Waals surface area contributed by atoms with E-state index in [0.717, 1.165) is 30.8 Å². The van der Waals surface area contributed by atoms with Gasteiger partial charge in [-0.25, -0.2) is 23.8 Å². The highest BCUT2D eigenvalue weighted by Gasteiger charge is 2.62. The number of aromatic nitrogens is 2. The summed E-state index contributed by atoms with van der Waals surface area (Å²) in [5.41, 5.74) is 0.0565. The van der Waals surface area contributed by atoms with E-state index >= 15 is 4.79 Å². The third kappa shape index (κ3) is 10.2. The Morgan fingerprint density at radius 1 is 1.01 bits per heavy atom. The third-order valence-electron chi connectivity index (χ3n) is 13.2. The molecule has 2 aromatic heterocycles. The Morgan fingerprint density at radius 3 is 2.48 bits per heavy atom. The van der Waals surface area contributed by atoms with Crippen LogP contribution in [-0.2, 0) is 25.4 Å². The number of urea groups is 1. The van der Waals surface area contributed by atoms with Crippen molar-refractivity contribution in [2.75, 3.05) is 25.5 Å². The number of pyridine rings is 1. The van der Waals surface area contributed by atoms with Gasteiger partial charge in [0.15, 0.2) is 16.1 Å². The standard InChI is InChI=1S/C48H60N8O9S2/c1-27(2)49-46-52-36(26-66-46)35-22-38(31-19-18-29(64-6)20-34(31)50-35)65-30-21-37-41(57)54-48(44(60)61)23-28(48)14-10-8-7-9-11-16-33(43(59)55(37)24-30)51-45(62)53-40(47(3,4)5)25-56-42(58)32-15-12-13-17-39(32)67(56)63/h12-13,15,17-20,22,26-28,30,33,37,40H,7-11,14,16,21,23-25H2,1-6H3,(H,49,52)(H,54,57)(H,60,61)(H2,51,53,62)/t28?,30-,33+,37+,40-,48-,67?/m1/s1. The van der Waals surface area contributed by atoms with Crippen molar-refractivity contribution in [3.63, 3.8) is 0 Å². The van der Waals surface area contributed by atoms with Gasteiger partial charge in [-0.3, -0.25) is 18.7 Å². The number of nitrogens with one attached hydrogen (secondary N) is 4. The van der Waals surface area contributed by atoms with E-state index in [1.165, 1.54) is 20.5 Å². The maximum absolute atomic E-state index is 15.0. The largest absolute Gasteiger partial charge is 0.497 e. The van der Waals surface area contributed by atoms with Gasteiger partial charge in [-0.15, -0.1) is 11.3 Å². The molecule has 67 heavy (non-hydrogen) atoms. The molecule has 0 spiro atoms. The molecular formula is C48H60N8O9S2. The van der Waals surface area contributed by atoms with Crippen molar-refractivity contribution < 1.29 is 42.8 Å². The van der Waals surface area contributed by atoms with Crippen LogP contribution < -0.4 is 30.7 Å². The van der Waals surface area contributed by atoms with Crippen molar-refractivity contribution >= 4 is 68.1 Å². The van der Waals surface area contributed by atoms with Crippen LogP contribution in [-0.4, -0.2) is 114 Å². The van der Waals surface area contributed by atoms with E-state index in [0.29, 0.717) is 63.5 Å². The SMILES string of the molecule is COc1ccc2c(O[C@@H]3C[C@H]4C(=O)N[C@]5(C(=O)O)CC5CCCCCCC[C@H](NC(=O)N[C@H](CN5C(=O)c6ccccc6S5=O)C(C)(C)C)C(=O)N4C3)cc(-c3csc(NC(C)C)n3)nc2c1. The quantitative estimate of drug-likeness (QED) is 0.109. The summed E-state index contributed by atoms with van der Waals surface area (Å²) in [7, 11) is -0.195. The highest BCUT2D eigenvalue weighted by Crippen LogP contribution is 2.48. The number of fused-ring (bicyclic) bond motifs is 4. The zero-order valence-corrected chi connectivity index (χ0v) is 40.4. The summed E-state index contributed by atoms with van der Waals surface area (Å²) in [6.07, 6.45) is 4.45. The van der Waals surface area contributed by atoms with Gasteiger partial charge in [-0.2, -0.15) is 0 Å². The topological polar surface area (TPSA) is 221 Å². The number of anilines is 1. The summed E-state index contributed by atoms with van der Waals surface area (Å²) in [5, 5.41) is 25.8. The Hall–Kier alpha value is -5.82. The number of hydrogen-bond acceptors (Lipinski definition) is 12. The van der Waals surface area contributed by atoms with Gasteiger partial charge in [-0.05, 0) is 68.7 Å². The number of ether oxygens (including phenoxy) is 2. The fourth-order valence-electron chi connectivity index (χ4n) is 9.30. The second-order valence-electron chi connectivity index (χ2n) is 19.4. The molecule has 7 atom stereocenters. The van der Waals surface area contributed by atoms with E-state index in [9.17, 15) is 28.5 Å². The first-order valence-corrected chi connectivity index (χ1v) is 25.1. The summed E-state index contributed by atoms with van der Waals surface area (Å²) < 4.78 is 27.0. The monoisotopic (exact) mass is 956 g/mol. The number of amides is 5. The molecule has 4 aliphatic rings. The molecule has 5 heterocycles. The van der Waals surface area contributed by atoms with Crippen LogP contribution in [0.1, 0.15) is 103 Å². The van der Waals surface area contributed by atoms with Crippen LogP contribution >= 0.6 is 11.3 Å². The van der Waals surface area contributed by atoms with Gasteiger partial charge in [0.2, 0.25) is 11.8 Å². The van der Waals surface area contributed by atoms with Gasteiger partial charge < -0.3 is 40.7 Å². The van der Waals surface area contributed by atoms with Crippen molar-refractivity contribution in [3.05, 3.63) is 59.5 Å². The van der Waals surface area contributed by atoms with E-state index < -0.39 is 75.9 Å². The molecule has 5 amide bonds. The Kier molecular flexibility index (Phi) is 13.8. The van der Waals surface area contributed by atoms with Gasteiger partial charge in [0.1, 0.15) is 40.9 Å². The average Bonchev–Trinajstić information content (AvgIpc) is 3.51. The Balaban J connectivity index is 1.08. The Bertz CT molecular complexity index is 2550. The highest BCUT2D eigenvalue weighted by atomic mass is 32.2. The zero-order chi connectivity index (χ0) is 47.8. The number of aliphatic carboxylic acids is 1. The second-order valence-corrected chi connectivity index (χ2v) is 21.7. The minimum atomic E-state index is -1.76. The predicted octanol–water partition coefficient (Wildman–Crippen LogP) is 6.50. The van der Waals surface area contributed by atoms with Gasteiger partial charge >= 0.3 is 12.0 Å². The molecule has 0 bridgehead atoms. The van der Waals surface area contributed by atoms with E-state index in [4.69, 9.17) is 19.4 Å². The normalized spacial score (nSPS) is 25.0. The Morgan fingerprint density at radius 2 is 1.76 bits per heavy atom. The number of thiazole rings is 1. The number of carbonyl (C=O) groups excluding carboxylic acids is 4. The van der Waals surface area contributed by atoms with Crippen molar-refractivity contribution in [3.8, 4) is 22.9 Å². The minimum Gasteiger partial charge on any atom is -0.497 e. The maximum Gasteiger partial charge on any atom is 0.329 e.